The van der Waals surface area contributed by atoms with Gasteiger partial charge >= 0.3 is 0 Å². The number of carbonyl (C=O) groups is 2. The molecule has 198 valence electrons. The quantitative estimate of drug-likeness (QED) is 0.162. The van der Waals surface area contributed by atoms with Crippen LogP contribution in [0.25, 0.3) is 5.76 Å². The standard InChI is InChI=1S/C32H30N2O5/c1-32(2,3)24-19-20(12-17-25(24)38-4)29(35)27-28(26-11-8-18-39-26)34(31(37)30(27)36)23-15-13-22(14-16-23)33-21-9-6-5-7-10-21/h5-19,28,33,35H,1-4H3/b29-27-. The molecule has 2 heterocycles. The summed E-state index contributed by atoms with van der Waals surface area (Å²) in [4.78, 5) is 28.2. The average Bonchev–Trinajstić information content (AvgIpc) is 3.55. The molecule has 1 aliphatic rings. The molecule has 3 aromatic carbocycles. The van der Waals surface area contributed by atoms with E-state index in [2.05, 4.69) is 5.32 Å². The number of aliphatic hydroxyl groups is 1. The largest absolute Gasteiger partial charge is 0.507 e. The second-order valence-corrected chi connectivity index (χ2v) is 10.4. The van der Waals surface area contributed by atoms with Crippen LogP contribution in [0.15, 0.2) is 101 Å². The zero-order valence-corrected chi connectivity index (χ0v) is 22.3. The topological polar surface area (TPSA) is 92.0 Å². The van der Waals surface area contributed by atoms with Crippen molar-refractivity contribution < 1.29 is 23.8 Å². The number of Topliss-reactive ketones (excluding diaryl/α,β-unsaturated/α-hetero) is 1. The molecule has 0 aliphatic carbocycles. The fraction of sp³-hybridized carbons (Fsp3) is 0.188. The second-order valence-electron chi connectivity index (χ2n) is 10.4. The molecule has 0 radical (unpaired) electrons. The molecule has 7 heteroatoms. The maximum Gasteiger partial charge on any atom is 0.300 e. The molecule has 0 spiro atoms. The molecular formula is C32H30N2O5. The molecule has 1 unspecified atom stereocenters. The first kappa shape index (κ1) is 25.9. The van der Waals surface area contributed by atoms with Gasteiger partial charge in [-0.25, -0.2) is 0 Å². The Morgan fingerprint density at radius 2 is 1.62 bits per heavy atom. The summed E-state index contributed by atoms with van der Waals surface area (Å²) >= 11 is 0. The van der Waals surface area contributed by atoms with Gasteiger partial charge in [0, 0.05) is 28.2 Å². The minimum absolute atomic E-state index is 0.0357. The maximum absolute atomic E-state index is 13.4. The van der Waals surface area contributed by atoms with Crippen molar-refractivity contribution in [2.45, 2.75) is 32.2 Å². The first-order valence-corrected chi connectivity index (χ1v) is 12.6. The van der Waals surface area contributed by atoms with E-state index in [0.29, 0.717) is 22.8 Å². The predicted molar refractivity (Wildman–Crippen MR) is 151 cm³/mol. The highest BCUT2D eigenvalue weighted by Gasteiger charge is 2.48. The second kappa shape index (κ2) is 10.2. The van der Waals surface area contributed by atoms with Gasteiger partial charge in [-0.3, -0.25) is 14.5 Å². The smallest absolute Gasteiger partial charge is 0.300 e. The van der Waals surface area contributed by atoms with Gasteiger partial charge in [-0.05, 0) is 72.1 Å². The summed E-state index contributed by atoms with van der Waals surface area (Å²) in [5, 5.41) is 14.8. The Bertz CT molecular complexity index is 1530. The summed E-state index contributed by atoms with van der Waals surface area (Å²) < 4.78 is 11.2. The Morgan fingerprint density at radius 1 is 0.923 bits per heavy atom. The van der Waals surface area contributed by atoms with Gasteiger partial charge in [-0.15, -0.1) is 0 Å². The van der Waals surface area contributed by atoms with Gasteiger partial charge < -0.3 is 19.6 Å². The van der Waals surface area contributed by atoms with Crippen LogP contribution in [0.1, 0.15) is 43.7 Å². The number of ketones is 1. The Kier molecular flexibility index (Phi) is 6.74. The third-order valence-corrected chi connectivity index (χ3v) is 6.75. The zero-order valence-electron chi connectivity index (χ0n) is 22.3. The summed E-state index contributed by atoms with van der Waals surface area (Å²) in [5.41, 5.74) is 3.20. The van der Waals surface area contributed by atoms with Crippen molar-refractivity contribution >= 4 is 34.5 Å². The van der Waals surface area contributed by atoms with E-state index < -0.39 is 17.7 Å². The average molecular weight is 523 g/mol. The van der Waals surface area contributed by atoms with Crippen molar-refractivity contribution in [1.29, 1.82) is 0 Å². The van der Waals surface area contributed by atoms with Crippen LogP contribution in [0, 0.1) is 0 Å². The lowest BCUT2D eigenvalue weighted by Gasteiger charge is -2.24. The number of nitrogens with one attached hydrogen (secondary N) is 1. The first-order chi connectivity index (χ1) is 18.7. The number of anilines is 3. The summed E-state index contributed by atoms with van der Waals surface area (Å²) in [6, 6.07) is 24.6. The number of furan rings is 1. The number of amides is 1. The lowest BCUT2D eigenvalue weighted by atomic mass is 9.84. The molecule has 0 saturated carbocycles. The van der Waals surface area contributed by atoms with E-state index in [-0.39, 0.29) is 16.7 Å². The number of aliphatic hydroxyl groups excluding tert-OH is 1. The number of hydrogen-bond acceptors (Lipinski definition) is 6. The molecule has 39 heavy (non-hydrogen) atoms. The molecule has 1 atom stereocenters. The van der Waals surface area contributed by atoms with Crippen molar-refractivity contribution in [2.75, 3.05) is 17.3 Å². The van der Waals surface area contributed by atoms with E-state index in [4.69, 9.17) is 9.15 Å². The van der Waals surface area contributed by atoms with Gasteiger partial charge in [-0.1, -0.05) is 39.0 Å². The number of ether oxygens (including phenoxy) is 1. The van der Waals surface area contributed by atoms with Crippen molar-refractivity contribution in [2.24, 2.45) is 0 Å². The normalized spacial score (nSPS) is 16.9. The van der Waals surface area contributed by atoms with Crippen LogP contribution in [0.2, 0.25) is 0 Å². The van der Waals surface area contributed by atoms with Gasteiger partial charge in [0.15, 0.2) is 0 Å². The number of para-hydroxylation sites is 1. The molecular weight excluding hydrogens is 492 g/mol. The summed E-state index contributed by atoms with van der Waals surface area (Å²) in [5.74, 6) is -0.759. The SMILES string of the molecule is COc1ccc(/C(O)=C2/C(=O)C(=O)N(c3ccc(Nc4ccccc4)cc3)C2c2ccco2)cc1C(C)(C)C. The molecule has 1 fully saturated rings. The minimum atomic E-state index is -0.937. The van der Waals surface area contributed by atoms with Crippen molar-refractivity contribution in [3.63, 3.8) is 0 Å². The third kappa shape index (κ3) is 4.91. The van der Waals surface area contributed by atoms with Crippen LogP contribution in [-0.2, 0) is 15.0 Å². The van der Waals surface area contributed by atoms with Crippen LogP contribution in [-0.4, -0.2) is 23.9 Å². The van der Waals surface area contributed by atoms with Crippen LogP contribution in [0.4, 0.5) is 17.1 Å². The van der Waals surface area contributed by atoms with Crippen LogP contribution >= 0.6 is 0 Å². The fourth-order valence-corrected chi connectivity index (χ4v) is 4.81. The number of carbonyl (C=O) groups excluding carboxylic acids is 2. The number of methoxy groups -OCH3 is 1. The molecule has 0 bridgehead atoms. The molecule has 1 amide bonds. The summed E-state index contributed by atoms with van der Waals surface area (Å²) in [7, 11) is 1.59. The molecule has 5 rings (SSSR count). The Labute approximate surface area is 227 Å². The van der Waals surface area contributed by atoms with E-state index in [1.807, 2.05) is 63.2 Å². The van der Waals surface area contributed by atoms with E-state index in [1.54, 1.807) is 49.6 Å². The van der Waals surface area contributed by atoms with E-state index in [9.17, 15) is 14.7 Å². The Balaban J connectivity index is 1.58. The fourth-order valence-electron chi connectivity index (χ4n) is 4.81. The molecule has 1 aromatic heterocycles. The highest BCUT2D eigenvalue weighted by molar-refractivity contribution is 6.51. The van der Waals surface area contributed by atoms with E-state index in [0.717, 1.165) is 16.9 Å². The van der Waals surface area contributed by atoms with Crippen LogP contribution < -0.4 is 15.0 Å². The number of nitrogens with zero attached hydrogens (tertiary/aromatic N) is 1. The number of benzene rings is 3. The highest BCUT2D eigenvalue weighted by Crippen LogP contribution is 2.43. The van der Waals surface area contributed by atoms with Crippen LogP contribution in [0.3, 0.4) is 0 Å². The Hall–Kier alpha value is -4.78. The van der Waals surface area contributed by atoms with E-state index in [1.165, 1.54) is 11.2 Å². The number of rotatable bonds is 6. The molecule has 4 aromatic rings. The molecule has 2 N–H and O–H groups in total. The monoisotopic (exact) mass is 522 g/mol. The Morgan fingerprint density at radius 3 is 2.23 bits per heavy atom. The third-order valence-electron chi connectivity index (χ3n) is 6.75. The van der Waals surface area contributed by atoms with Gasteiger partial charge in [0.25, 0.3) is 11.7 Å². The van der Waals surface area contributed by atoms with Crippen LogP contribution in [0.5, 0.6) is 5.75 Å². The van der Waals surface area contributed by atoms with Crippen molar-refractivity contribution in [3.8, 4) is 5.75 Å². The predicted octanol–water partition coefficient (Wildman–Crippen LogP) is 6.96. The maximum atomic E-state index is 13.4. The molecule has 1 saturated heterocycles. The lowest BCUT2D eigenvalue weighted by Crippen LogP contribution is -2.29. The number of hydrogen-bond donors (Lipinski definition) is 2. The first-order valence-electron chi connectivity index (χ1n) is 12.6. The van der Waals surface area contributed by atoms with Gasteiger partial charge in [0.2, 0.25) is 0 Å². The zero-order chi connectivity index (χ0) is 27.7. The lowest BCUT2D eigenvalue weighted by molar-refractivity contribution is -0.132. The van der Waals surface area contributed by atoms with E-state index >= 15 is 0 Å². The molecule has 7 nitrogen and oxygen atoms in total. The minimum Gasteiger partial charge on any atom is -0.507 e. The van der Waals surface area contributed by atoms with Crippen molar-refractivity contribution in [1.82, 2.24) is 0 Å². The van der Waals surface area contributed by atoms with Crippen molar-refractivity contribution in [3.05, 3.63) is 114 Å². The highest BCUT2D eigenvalue weighted by atomic mass is 16.5. The van der Waals surface area contributed by atoms with Gasteiger partial charge in [-0.2, -0.15) is 0 Å². The summed E-state index contributed by atoms with van der Waals surface area (Å²) in [6.07, 6.45) is 1.48. The summed E-state index contributed by atoms with van der Waals surface area (Å²) in [6.45, 7) is 6.10. The van der Waals surface area contributed by atoms with Gasteiger partial charge in [0.1, 0.15) is 23.3 Å². The molecule has 1 aliphatic heterocycles. The van der Waals surface area contributed by atoms with Gasteiger partial charge in [0.05, 0.1) is 18.9 Å².